The van der Waals surface area contributed by atoms with Crippen molar-refractivity contribution in [1.29, 1.82) is 5.26 Å². The molecule has 0 amide bonds. The Kier molecular flexibility index (Phi) is 4.40. The fraction of sp³-hybridized carbons (Fsp3) is 0.455. The molecule has 1 aliphatic rings. The van der Waals surface area contributed by atoms with Crippen LogP contribution < -0.4 is 0 Å². The van der Waals surface area contributed by atoms with Crippen LogP contribution in [-0.2, 0) is 14.3 Å². The van der Waals surface area contributed by atoms with Crippen LogP contribution in [0.15, 0.2) is 23.6 Å². The van der Waals surface area contributed by atoms with E-state index in [9.17, 15) is 4.79 Å². The first-order valence-corrected chi connectivity index (χ1v) is 5.02. The number of nitrogens with zero attached hydrogens (tertiary/aromatic N) is 2. The molecule has 86 valence electrons. The lowest BCUT2D eigenvalue weighted by Gasteiger charge is -2.07. The molecule has 0 unspecified atom stereocenters. The Hall–Kier alpha value is -1.96. The normalized spacial score (nSPS) is 18.2. The van der Waals surface area contributed by atoms with Gasteiger partial charge in [-0.25, -0.2) is 4.79 Å². The minimum Gasteiger partial charge on any atom is -0.477 e. The quantitative estimate of drug-likeness (QED) is 0.401. The lowest BCUT2D eigenvalue weighted by molar-refractivity contribution is -0.138. The summed E-state index contributed by atoms with van der Waals surface area (Å²) in [5.41, 5.74) is -0.0294. The van der Waals surface area contributed by atoms with Crippen molar-refractivity contribution in [2.45, 2.75) is 6.92 Å². The molecular weight excluding hydrogens is 208 g/mol. The van der Waals surface area contributed by atoms with E-state index in [1.807, 2.05) is 11.9 Å². The van der Waals surface area contributed by atoms with Gasteiger partial charge < -0.3 is 14.4 Å². The molecule has 0 saturated carbocycles. The number of hydrogen-bond acceptors (Lipinski definition) is 5. The third-order valence-corrected chi connectivity index (χ3v) is 2.06. The lowest BCUT2D eigenvalue weighted by atomic mass is 10.2. The number of esters is 1. The van der Waals surface area contributed by atoms with E-state index in [2.05, 4.69) is 0 Å². The van der Waals surface area contributed by atoms with E-state index in [1.165, 1.54) is 6.08 Å². The van der Waals surface area contributed by atoms with Crippen LogP contribution in [0.5, 0.6) is 0 Å². The van der Waals surface area contributed by atoms with Gasteiger partial charge in [0.2, 0.25) is 0 Å². The molecule has 0 aromatic rings. The maximum Gasteiger partial charge on any atom is 0.348 e. The molecule has 1 rings (SSSR count). The number of carbonyl (C=O) groups is 1. The zero-order chi connectivity index (χ0) is 12.0. The molecule has 0 atom stereocenters. The minimum atomic E-state index is -0.609. The van der Waals surface area contributed by atoms with Gasteiger partial charge in [0.15, 0.2) is 5.88 Å². The standard InChI is InChI=1S/C11H14N2O3/c1-3-15-11(14)9(8-12)4-5-10-13(2)6-7-16-10/h4-5H,3,6-7H2,1-2H3/b9-4-,10-5+. The van der Waals surface area contributed by atoms with Gasteiger partial charge in [0, 0.05) is 7.05 Å². The Bertz CT molecular complexity index is 366. The fourth-order valence-electron chi connectivity index (χ4n) is 1.20. The summed E-state index contributed by atoms with van der Waals surface area (Å²) >= 11 is 0. The minimum absolute atomic E-state index is 0.0294. The Morgan fingerprint density at radius 2 is 2.50 bits per heavy atom. The van der Waals surface area contributed by atoms with Gasteiger partial charge in [-0.05, 0) is 19.1 Å². The average Bonchev–Trinajstić information content (AvgIpc) is 2.66. The summed E-state index contributed by atoms with van der Waals surface area (Å²) < 4.78 is 10.0. The van der Waals surface area contributed by atoms with E-state index < -0.39 is 5.97 Å². The second kappa shape index (κ2) is 5.81. The molecule has 0 aromatic carbocycles. The van der Waals surface area contributed by atoms with E-state index in [-0.39, 0.29) is 12.2 Å². The number of allylic oxidation sites excluding steroid dienone is 2. The zero-order valence-corrected chi connectivity index (χ0v) is 9.40. The molecule has 5 nitrogen and oxygen atoms in total. The summed E-state index contributed by atoms with van der Waals surface area (Å²) in [5.74, 6) is 0.0412. The molecule has 1 fully saturated rings. The zero-order valence-electron chi connectivity index (χ0n) is 9.40. The van der Waals surface area contributed by atoms with E-state index in [1.54, 1.807) is 19.1 Å². The second-order valence-electron chi connectivity index (χ2n) is 3.19. The highest BCUT2D eigenvalue weighted by molar-refractivity contribution is 5.93. The van der Waals surface area contributed by atoms with Crippen molar-refractivity contribution < 1.29 is 14.3 Å². The van der Waals surface area contributed by atoms with Crippen LogP contribution in [0, 0.1) is 11.3 Å². The molecule has 1 saturated heterocycles. The van der Waals surface area contributed by atoms with Gasteiger partial charge in [0.1, 0.15) is 18.2 Å². The molecule has 0 aliphatic carbocycles. The molecule has 5 heteroatoms. The molecule has 0 aromatic heterocycles. The first kappa shape index (κ1) is 12.1. The summed E-state index contributed by atoms with van der Waals surface area (Å²) in [5, 5.41) is 8.76. The van der Waals surface area contributed by atoms with Gasteiger partial charge in [-0.15, -0.1) is 0 Å². The predicted molar refractivity (Wildman–Crippen MR) is 57.0 cm³/mol. The van der Waals surface area contributed by atoms with E-state index in [0.29, 0.717) is 12.5 Å². The number of likely N-dealkylation sites (N-methyl/N-ethyl adjacent to an activating group) is 1. The van der Waals surface area contributed by atoms with Crippen LogP contribution in [-0.4, -0.2) is 37.7 Å². The van der Waals surface area contributed by atoms with Crippen molar-refractivity contribution in [1.82, 2.24) is 4.90 Å². The topological polar surface area (TPSA) is 62.6 Å². The van der Waals surface area contributed by atoms with Crippen molar-refractivity contribution in [3.8, 4) is 6.07 Å². The van der Waals surface area contributed by atoms with Crippen LogP contribution in [0.4, 0.5) is 0 Å². The number of rotatable bonds is 3. The van der Waals surface area contributed by atoms with Crippen LogP contribution in [0.2, 0.25) is 0 Å². The van der Waals surface area contributed by atoms with Crippen LogP contribution in [0.3, 0.4) is 0 Å². The smallest absolute Gasteiger partial charge is 0.348 e. The Morgan fingerprint density at radius 1 is 1.75 bits per heavy atom. The molecular formula is C11H14N2O3. The van der Waals surface area contributed by atoms with Crippen molar-refractivity contribution in [2.24, 2.45) is 0 Å². The van der Waals surface area contributed by atoms with Crippen LogP contribution >= 0.6 is 0 Å². The van der Waals surface area contributed by atoms with Gasteiger partial charge in [-0.2, -0.15) is 5.26 Å². The van der Waals surface area contributed by atoms with E-state index >= 15 is 0 Å². The SMILES string of the molecule is CCOC(=O)/C(C#N)=C\C=C1\OCCN1C. The lowest BCUT2D eigenvalue weighted by Crippen LogP contribution is -2.11. The van der Waals surface area contributed by atoms with E-state index in [0.717, 1.165) is 6.54 Å². The summed E-state index contributed by atoms with van der Waals surface area (Å²) in [6, 6.07) is 1.79. The van der Waals surface area contributed by atoms with Gasteiger partial charge >= 0.3 is 5.97 Å². The van der Waals surface area contributed by atoms with Crippen molar-refractivity contribution >= 4 is 5.97 Å². The number of carbonyl (C=O) groups excluding carboxylic acids is 1. The first-order valence-electron chi connectivity index (χ1n) is 5.02. The van der Waals surface area contributed by atoms with Gasteiger partial charge in [0.05, 0.1) is 13.2 Å². The summed E-state index contributed by atoms with van der Waals surface area (Å²) in [6.07, 6.45) is 3.01. The van der Waals surface area contributed by atoms with E-state index in [4.69, 9.17) is 14.7 Å². The van der Waals surface area contributed by atoms with Gasteiger partial charge in [0.25, 0.3) is 0 Å². The molecule has 1 aliphatic heterocycles. The van der Waals surface area contributed by atoms with Crippen LogP contribution in [0.1, 0.15) is 6.92 Å². The highest BCUT2D eigenvalue weighted by Crippen LogP contribution is 2.11. The molecule has 1 heterocycles. The second-order valence-corrected chi connectivity index (χ2v) is 3.19. The number of ether oxygens (including phenoxy) is 2. The predicted octanol–water partition coefficient (Wildman–Crippen LogP) is 0.803. The molecule has 0 N–H and O–H groups in total. The Labute approximate surface area is 94.5 Å². The first-order chi connectivity index (χ1) is 7.69. The maximum absolute atomic E-state index is 11.3. The van der Waals surface area contributed by atoms with Gasteiger partial charge in [-0.3, -0.25) is 0 Å². The molecule has 16 heavy (non-hydrogen) atoms. The summed E-state index contributed by atoms with van der Waals surface area (Å²) in [4.78, 5) is 13.2. The summed E-state index contributed by atoms with van der Waals surface area (Å²) in [6.45, 7) is 3.38. The highest BCUT2D eigenvalue weighted by atomic mass is 16.5. The molecule has 0 bridgehead atoms. The largest absolute Gasteiger partial charge is 0.477 e. The third kappa shape index (κ3) is 3.02. The summed E-state index contributed by atoms with van der Waals surface area (Å²) in [7, 11) is 1.88. The number of hydrogen-bond donors (Lipinski definition) is 0. The Morgan fingerprint density at radius 3 is 3.00 bits per heavy atom. The van der Waals surface area contributed by atoms with Crippen molar-refractivity contribution in [2.75, 3.05) is 26.8 Å². The molecule has 0 spiro atoms. The van der Waals surface area contributed by atoms with Crippen molar-refractivity contribution in [3.63, 3.8) is 0 Å². The number of nitriles is 1. The fourth-order valence-corrected chi connectivity index (χ4v) is 1.20. The van der Waals surface area contributed by atoms with Gasteiger partial charge in [-0.1, -0.05) is 0 Å². The Balaban J connectivity index is 2.74. The highest BCUT2D eigenvalue weighted by Gasteiger charge is 2.13. The monoisotopic (exact) mass is 222 g/mol. The third-order valence-electron chi connectivity index (χ3n) is 2.06. The average molecular weight is 222 g/mol. The maximum atomic E-state index is 11.3. The van der Waals surface area contributed by atoms with Crippen LogP contribution in [0.25, 0.3) is 0 Å². The molecule has 0 radical (unpaired) electrons. The van der Waals surface area contributed by atoms with Crippen molar-refractivity contribution in [3.05, 3.63) is 23.6 Å².